The van der Waals surface area contributed by atoms with Crippen LogP contribution < -0.4 is 15.9 Å². The first kappa shape index (κ1) is 13.8. The SMILES string of the molecule is C#CCOc1ccc2ccccc2c1/C=N/NC(N)=S. The molecule has 0 radical (unpaired) electrons. The molecule has 0 amide bonds. The molecule has 0 saturated heterocycles. The summed E-state index contributed by atoms with van der Waals surface area (Å²) in [6, 6.07) is 11.8. The third-order valence-corrected chi connectivity index (χ3v) is 2.70. The van der Waals surface area contributed by atoms with E-state index in [0.29, 0.717) is 5.75 Å². The quantitative estimate of drug-likeness (QED) is 0.390. The van der Waals surface area contributed by atoms with Crippen molar-refractivity contribution in [3.63, 3.8) is 0 Å². The van der Waals surface area contributed by atoms with Crippen LogP contribution in [-0.4, -0.2) is 17.9 Å². The molecule has 0 saturated carbocycles. The fourth-order valence-corrected chi connectivity index (χ4v) is 1.87. The van der Waals surface area contributed by atoms with E-state index in [1.807, 2.05) is 36.4 Å². The number of nitrogens with zero attached hydrogens (tertiary/aromatic N) is 1. The molecule has 0 aliphatic heterocycles. The molecule has 0 aliphatic carbocycles. The van der Waals surface area contributed by atoms with Crippen molar-refractivity contribution in [3.8, 4) is 18.1 Å². The van der Waals surface area contributed by atoms with Gasteiger partial charge in [-0.1, -0.05) is 36.3 Å². The van der Waals surface area contributed by atoms with Gasteiger partial charge < -0.3 is 10.5 Å². The second-order valence-corrected chi connectivity index (χ2v) is 4.37. The molecule has 2 aromatic rings. The summed E-state index contributed by atoms with van der Waals surface area (Å²) < 4.78 is 5.53. The molecule has 20 heavy (non-hydrogen) atoms. The van der Waals surface area contributed by atoms with Crippen LogP contribution in [0.5, 0.6) is 5.75 Å². The molecule has 0 fully saturated rings. The number of fused-ring (bicyclic) bond motifs is 1. The van der Waals surface area contributed by atoms with Crippen LogP contribution in [0.1, 0.15) is 5.56 Å². The number of nitrogens with two attached hydrogens (primary N) is 1. The fraction of sp³-hybridized carbons (Fsp3) is 0.0667. The van der Waals surface area contributed by atoms with E-state index in [0.717, 1.165) is 16.3 Å². The molecule has 2 aromatic carbocycles. The lowest BCUT2D eigenvalue weighted by molar-refractivity contribution is 0.370. The lowest BCUT2D eigenvalue weighted by Crippen LogP contribution is -2.24. The molecule has 0 aromatic heterocycles. The standard InChI is InChI=1S/C15H13N3OS/c1-2-9-19-14-8-7-11-5-3-4-6-12(11)13(14)10-17-18-15(16)20/h1,3-8,10H,9H2,(H3,16,18,20)/b17-10+. The van der Waals surface area contributed by atoms with Gasteiger partial charge in [-0.25, -0.2) is 0 Å². The van der Waals surface area contributed by atoms with E-state index < -0.39 is 0 Å². The van der Waals surface area contributed by atoms with E-state index in [1.165, 1.54) is 0 Å². The van der Waals surface area contributed by atoms with Crippen molar-refractivity contribution in [3.05, 3.63) is 42.0 Å². The summed E-state index contributed by atoms with van der Waals surface area (Å²) in [7, 11) is 0. The average Bonchev–Trinajstić information content (AvgIpc) is 2.45. The number of hydrazone groups is 1. The fourth-order valence-electron chi connectivity index (χ4n) is 1.81. The maximum atomic E-state index is 5.53. The molecule has 3 N–H and O–H groups in total. The lowest BCUT2D eigenvalue weighted by Gasteiger charge is -2.09. The molecular formula is C15H13N3OS. The highest BCUT2D eigenvalue weighted by Crippen LogP contribution is 2.26. The second kappa shape index (κ2) is 6.55. The summed E-state index contributed by atoms with van der Waals surface area (Å²) >= 11 is 4.70. The third-order valence-electron chi connectivity index (χ3n) is 2.61. The van der Waals surface area contributed by atoms with E-state index in [2.05, 4.69) is 16.4 Å². The van der Waals surface area contributed by atoms with Crippen LogP contribution in [0.25, 0.3) is 10.8 Å². The number of terminal acetylenes is 1. The first-order valence-corrected chi connectivity index (χ1v) is 6.29. The number of hydrogen-bond donors (Lipinski definition) is 2. The van der Waals surface area contributed by atoms with E-state index in [4.69, 9.17) is 29.1 Å². The van der Waals surface area contributed by atoms with Crippen molar-refractivity contribution >= 4 is 34.3 Å². The Bertz CT molecular complexity index is 704. The van der Waals surface area contributed by atoms with Gasteiger partial charge in [-0.2, -0.15) is 5.10 Å². The van der Waals surface area contributed by atoms with Crippen LogP contribution in [0.4, 0.5) is 0 Å². The van der Waals surface area contributed by atoms with Crippen LogP contribution in [0.15, 0.2) is 41.5 Å². The number of hydrogen-bond acceptors (Lipinski definition) is 3. The average molecular weight is 283 g/mol. The Morgan fingerprint density at radius 2 is 2.20 bits per heavy atom. The topological polar surface area (TPSA) is 59.6 Å². The van der Waals surface area contributed by atoms with E-state index in [-0.39, 0.29) is 11.7 Å². The smallest absolute Gasteiger partial charge is 0.184 e. The zero-order chi connectivity index (χ0) is 14.4. The molecule has 0 heterocycles. The van der Waals surface area contributed by atoms with Crippen molar-refractivity contribution in [2.24, 2.45) is 10.8 Å². The summed E-state index contributed by atoms with van der Waals surface area (Å²) in [5, 5.41) is 6.18. The maximum absolute atomic E-state index is 5.53. The van der Waals surface area contributed by atoms with E-state index in [1.54, 1.807) is 6.21 Å². The Kier molecular flexibility index (Phi) is 4.53. The van der Waals surface area contributed by atoms with Gasteiger partial charge in [0.1, 0.15) is 12.4 Å². The van der Waals surface area contributed by atoms with Crippen LogP contribution >= 0.6 is 12.2 Å². The first-order chi connectivity index (χ1) is 9.72. The molecule has 5 heteroatoms. The number of nitrogens with one attached hydrogen (secondary N) is 1. The Labute approximate surface area is 122 Å². The largest absolute Gasteiger partial charge is 0.480 e. The molecular weight excluding hydrogens is 270 g/mol. The van der Waals surface area contributed by atoms with Gasteiger partial charge in [0.2, 0.25) is 0 Å². The van der Waals surface area contributed by atoms with Gasteiger partial charge in [-0.05, 0) is 29.1 Å². The zero-order valence-electron chi connectivity index (χ0n) is 10.7. The Morgan fingerprint density at radius 1 is 1.40 bits per heavy atom. The molecule has 0 unspecified atom stereocenters. The van der Waals surface area contributed by atoms with Crippen LogP contribution in [0.3, 0.4) is 0 Å². The summed E-state index contributed by atoms with van der Waals surface area (Å²) in [6.07, 6.45) is 6.84. The van der Waals surface area contributed by atoms with Gasteiger partial charge in [0.05, 0.1) is 6.21 Å². The van der Waals surface area contributed by atoms with Crippen molar-refractivity contribution in [1.82, 2.24) is 5.43 Å². The van der Waals surface area contributed by atoms with E-state index >= 15 is 0 Å². The highest BCUT2D eigenvalue weighted by atomic mass is 32.1. The second-order valence-electron chi connectivity index (χ2n) is 3.93. The van der Waals surface area contributed by atoms with Crippen LogP contribution in [0, 0.1) is 12.3 Å². The van der Waals surface area contributed by atoms with Gasteiger partial charge >= 0.3 is 0 Å². The summed E-state index contributed by atoms with van der Waals surface area (Å²) in [5.74, 6) is 3.10. The predicted octanol–water partition coefficient (Wildman–Crippen LogP) is 2.02. The lowest BCUT2D eigenvalue weighted by atomic mass is 10.0. The molecule has 0 bridgehead atoms. The minimum absolute atomic E-state index is 0.104. The molecule has 0 aliphatic rings. The van der Waals surface area contributed by atoms with Crippen molar-refractivity contribution in [1.29, 1.82) is 0 Å². The van der Waals surface area contributed by atoms with Crippen molar-refractivity contribution in [2.45, 2.75) is 0 Å². The molecule has 4 nitrogen and oxygen atoms in total. The van der Waals surface area contributed by atoms with Crippen molar-refractivity contribution < 1.29 is 4.74 Å². The Morgan fingerprint density at radius 3 is 2.95 bits per heavy atom. The molecule has 0 atom stereocenters. The third kappa shape index (κ3) is 3.25. The van der Waals surface area contributed by atoms with Crippen molar-refractivity contribution in [2.75, 3.05) is 6.61 Å². The van der Waals surface area contributed by atoms with Gasteiger partial charge in [-0.15, -0.1) is 6.42 Å². The molecule has 2 rings (SSSR count). The molecule has 100 valence electrons. The van der Waals surface area contributed by atoms with Gasteiger partial charge in [0.15, 0.2) is 5.11 Å². The number of rotatable bonds is 4. The summed E-state index contributed by atoms with van der Waals surface area (Å²) in [6.45, 7) is 0.196. The maximum Gasteiger partial charge on any atom is 0.184 e. The highest BCUT2D eigenvalue weighted by molar-refractivity contribution is 7.80. The van der Waals surface area contributed by atoms with Crippen LogP contribution in [-0.2, 0) is 0 Å². The van der Waals surface area contributed by atoms with Gasteiger partial charge in [-0.3, -0.25) is 5.43 Å². The Balaban J connectivity index is 2.47. The highest BCUT2D eigenvalue weighted by Gasteiger charge is 2.06. The monoisotopic (exact) mass is 283 g/mol. The first-order valence-electron chi connectivity index (χ1n) is 5.89. The predicted molar refractivity (Wildman–Crippen MR) is 85.8 cm³/mol. The summed E-state index contributed by atoms with van der Waals surface area (Å²) in [4.78, 5) is 0. The number of ether oxygens (including phenoxy) is 1. The van der Waals surface area contributed by atoms with E-state index in [9.17, 15) is 0 Å². The normalized spacial score (nSPS) is 10.3. The van der Waals surface area contributed by atoms with Gasteiger partial charge in [0.25, 0.3) is 0 Å². The minimum atomic E-state index is 0.104. The summed E-state index contributed by atoms with van der Waals surface area (Å²) in [5.41, 5.74) is 8.68. The zero-order valence-corrected chi connectivity index (χ0v) is 11.5. The van der Waals surface area contributed by atoms with Crippen LogP contribution in [0.2, 0.25) is 0 Å². The number of benzene rings is 2. The number of thiocarbonyl (C=S) groups is 1. The molecule has 0 spiro atoms. The Hall–Kier alpha value is -2.58. The van der Waals surface area contributed by atoms with Gasteiger partial charge in [0, 0.05) is 5.56 Å². The minimum Gasteiger partial charge on any atom is -0.480 e.